The summed E-state index contributed by atoms with van der Waals surface area (Å²) in [7, 11) is 0. The summed E-state index contributed by atoms with van der Waals surface area (Å²) < 4.78 is 0. The maximum atomic E-state index is 5.29. The minimum atomic E-state index is 0.458. The first-order chi connectivity index (χ1) is 6.53. The van der Waals surface area contributed by atoms with Gasteiger partial charge in [0, 0.05) is 24.3 Å². The van der Waals surface area contributed by atoms with Crippen molar-refractivity contribution in [1.29, 1.82) is 0 Å². The molecule has 0 radical (unpaired) electrons. The van der Waals surface area contributed by atoms with Crippen molar-refractivity contribution in [2.24, 2.45) is 5.41 Å². The van der Waals surface area contributed by atoms with Crippen molar-refractivity contribution in [3.8, 4) is 12.3 Å². The Hall–Kier alpha value is -0.130. The second-order valence-electron chi connectivity index (χ2n) is 5.06. The average molecular weight is 211 g/mol. The monoisotopic (exact) mass is 211 g/mol. The maximum absolute atomic E-state index is 5.29. The molecule has 0 saturated carbocycles. The van der Waals surface area contributed by atoms with Gasteiger partial charge >= 0.3 is 0 Å². The van der Waals surface area contributed by atoms with Crippen molar-refractivity contribution >= 4 is 11.8 Å². The van der Waals surface area contributed by atoms with Gasteiger partial charge < -0.3 is 5.32 Å². The van der Waals surface area contributed by atoms with E-state index in [1.165, 1.54) is 17.9 Å². The van der Waals surface area contributed by atoms with Gasteiger partial charge in [-0.3, -0.25) is 0 Å². The molecule has 1 rings (SSSR count). The van der Waals surface area contributed by atoms with E-state index < -0.39 is 0 Å². The summed E-state index contributed by atoms with van der Waals surface area (Å²) in [6, 6.07) is 1.10. The summed E-state index contributed by atoms with van der Waals surface area (Å²) in [5.41, 5.74) is 0.483. The second kappa shape index (κ2) is 5.09. The van der Waals surface area contributed by atoms with Gasteiger partial charge in [-0.15, -0.1) is 12.3 Å². The van der Waals surface area contributed by atoms with Crippen LogP contribution < -0.4 is 5.32 Å². The molecule has 0 aromatic heterocycles. The fourth-order valence-corrected chi connectivity index (χ4v) is 3.29. The molecule has 2 heteroatoms. The van der Waals surface area contributed by atoms with E-state index in [2.05, 4.69) is 43.8 Å². The van der Waals surface area contributed by atoms with Crippen molar-refractivity contribution < 1.29 is 0 Å². The van der Waals surface area contributed by atoms with Crippen molar-refractivity contribution in [1.82, 2.24) is 5.32 Å². The fraction of sp³-hybridized carbons (Fsp3) is 0.833. The molecule has 80 valence electrons. The summed E-state index contributed by atoms with van der Waals surface area (Å²) in [5, 5.41) is 3.61. The Morgan fingerprint density at radius 1 is 1.64 bits per heavy atom. The lowest BCUT2D eigenvalue weighted by Gasteiger charge is -2.36. The van der Waals surface area contributed by atoms with Crippen molar-refractivity contribution in [3.05, 3.63) is 0 Å². The van der Waals surface area contributed by atoms with Crippen LogP contribution in [-0.4, -0.2) is 23.6 Å². The van der Waals surface area contributed by atoms with Crippen LogP contribution in [0.3, 0.4) is 0 Å². The number of hydrogen-bond acceptors (Lipinski definition) is 2. The van der Waals surface area contributed by atoms with Crippen LogP contribution in [-0.2, 0) is 0 Å². The molecule has 0 bridgehead atoms. The van der Waals surface area contributed by atoms with Crippen LogP contribution in [0.25, 0.3) is 0 Å². The zero-order valence-corrected chi connectivity index (χ0v) is 10.3. The largest absolute Gasteiger partial charge is 0.310 e. The summed E-state index contributed by atoms with van der Waals surface area (Å²) >= 11 is 2.06. The summed E-state index contributed by atoms with van der Waals surface area (Å²) in [5.74, 6) is 5.23. The van der Waals surface area contributed by atoms with E-state index in [4.69, 9.17) is 6.42 Å². The quantitative estimate of drug-likeness (QED) is 0.720. The van der Waals surface area contributed by atoms with E-state index in [9.17, 15) is 0 Å². The van der Waals surface area contributed by atoms with Crippen molar-refractivity contribution in [3.63, 3.8) is 0 Å². The van der Waals surface area contributed by atoms with Gasteiger partial charge in [0.2, 0.25) is 0 Å². The Labute approximate surface area is 92.4 Å². The SMILES string of the molecule is C#CCC(C)NC1CSCC(C)(C)C1. The molecule has 14 heavy (non-hydrogen) atoms. The molecule has 0 amide bonds. The topological polar surface area (TPSA) is 12.0 Å². The number of hydrogen-bond donors (Lipinski definition) is 1. The second-order valence-corrected chi connectivity index (χ2v) is 6.09. The predicted molar refractivity (Wildman–Crippen MR) is 65.6 cm³/mol. The number of thioether (sulfide) groups is 1. The highest BCUT2D eigenvalue weighted by Gasteiger charge is 2.28. The highest BCUT2D eigenvalue weighted by Crippen LogP contribution is 2.33. The molecule has 1 aliphatic heterocycles. The Kier molecular flexibility index (Phi) is 4.34. The Balaban J connectivity index is 2.35. The van der Waals surface area contributed by atoms with Gasteiger partial charge in [-0.25, -0.2) is 0 Å². The van der Waals surface area contributed by atoms with Crippen LogP contribution >= 0.6 is 11.8 Å². The minimum absolute atomic E-state index is 0.458. The highest BCUT2D eigenvalue weighted by molar-refractivity contribution is 7.99. The first-order valence-corrected chi connectivity index (χ1v) is 6.46. The van der Waals surface area contributed by atoms with Crippen LogP contribution in [0.5, 0.6) is 0 Å². The Bertz CT molecular complexity index is 217. The first kappa shape index (κ1) is 11.9. The normalized spacial score (nSPS) is 28.0. The summed E-state index contributed by atoms with van der Waals surface area (Å²) in [4.78, 5) is 0. The minimum Gasteiger partial charge on any atom is -0.310 e. The van der Waals surface area contributed by atoms with Crippen molar-refractivity contribution in [2.75, 3.05) is 11.5 Å². The Morgan fingerprint density at radius 2 is 2.36 bits per heavy atom. The Morgan fingerprint density at radius 3 is 2.93 bits per heavy atom. The smallest absolute Gasteiger partial charge is 0.0238 e. The molecule has 2 unspecified atom stereocenters. The third-order valence-corrected chi connectivity index (χ3v) is 4.18. The number of nitrogens with one attached hydrogen (secondary N) is 1. The van der Waals surface area contributed by atoms with Crippen molar-refractivity contribution in [2.45, 2.75) is 45.7 Å². The molecule has 1 N–H and O–H groups in total. The molecule has 0 aromatic carbocycles. The van der Waals surface area contributed by atoms with Gasteiger partial charge in [-0.05, 0) is 24.5 Å². The first-order valence-electron chi connectivity index (χ1n) is 5.31. The maximum Gasteiger partial charge on any atom is 0.0238 e. The van der Waals surface area contributed by atoms with E-state index >= 15 is 0 Å². The van der Waals surface area contributed by atoms with Gasteiger partial charge in [-0.1, -0.05) is 13.8 Å². The van der Waals surface area contributed by atoms with E-state index in [1.807, 2.05) is 0 Å². The fourth-order valence-electron chi connectivity index (χ4n) is 2.01. The van der Waals surface area contributed by atoms with E-state index in [1.54, 1.807) is 0 Å². The molecular formula is C12H21NS. The highest BCUT2D eigenvalue weighted by atomic mass is 32.2. The third-order valence-electron chi connectivity index (χ3n) is 2.56. The van der Waals surface area contributed by atoms with Gasteiger partial charge in [0.15, 0.2) is 0 Å². The lowest BCUT2D eigenvalue weighted by molar-refractivity contribution is 0.304. The van der Waals surface area contributed by atoms with E-state index in [-0.39, 0.29) is 0 Å². The molecule has 1 nitrogen and oxygen atoms in total. The molecule has 0 aliphatic carbocycles. The third kappa shape index (κ3) is 3.94. The van der Waals surface area contributed by atoms with Gasteiger partial charge in [0.05, 0.1) is 0 Å². The number of rotatable bonds is 3. The van der Waals surface area contributed by atoms with Crippen LogP contribution in [0.2, 0.25) is 0 Å². The molecular weight excluding hydrogens is 190 g/mol. The lowest BCUT2D eigenvalue weighted by atomic mass is 9.87. The van der Waals surface area contributed by atoms with Crippen LogP contribution in [0.1, 0.15) is 33.6 Å². The average Bonchev–Trinajstić information content (AvgIpc) is 2.02. The zero-order chi connectivity index (χ0) is 10.6. The van der Waals surface area contributed by atoms with Gasteiger partial charge in [0.25, 0.3) is 0 Å². The summed E-state index contributed by atoms with van der Waals surface area (Å²) in [6.45, 7) is 6.87. The molecule has 1 fully saturated rings. The lowest BCUT2D eigenvalue weighted by Crippen LogP contribution is -2.44. The summed E-state index contributed by atoms with van der Waals surface area (Å²) in [6.07, 6.45) is 7.40. The van der Waals surface area contributed by atoms with Crippen LogP contribution in [0.4, 0.5) is 0 Å². The zero-order valence-electron chi connectivity index (χ0n) is 9.47. The molecule has 0 aromatic rings. The molecule has 0 spiro atoms. The molecule has 2 atom stereocenters. The van der Waals surface area contributed by atoms with Crippen LogP contribution in [0.15, 0.2) is 0 Å². The predicted octanol–water partition coefficient (Wildman–Crippen LogP) is 2.52. The van der Waals surface area contributed by atoms with Gasteiger partial charge in [0.1, 0.15) is 0 Å². The van der Waals surface area contributed by atoms with E-state index in [0.717, 1.165) is 6.42 Å². The van der Waals surface area contributed by atoms with Crippen LogP contribution in [0, 0.1) is 17.8 Å². The van der Waals surface area contributed by atoms with Gasteiger partial charge in [-0.2, -0.15) is 11.8 Å². The number of terminal acetylenes is 1. The standard InChI is InChI=1S/C12H21NS/c1-5-6-10(2)13-11-7-12(3,4)9-14-8-11/h1,10-11,13H,6-9H2,2-4H3. The molecule has 1 saturated heterocycles. The van der Waals surface area contributed by atoms with E-state index in [0.29, 0.717) is 17.5 Å². The molecule has 1 heterocycles. The molecule has 1 aliphatic rings.